The fourth-order valence-corrected chi connectivity index (χ4v) is 5.59. The molecule has 0 aliphatic carbocycles. The number of benzene rings is 3. The third kappa shape index (κ3) is 8.44. The molecule has 1 fully saturated rings. The maximum Gasteiger partial charge on any atom is 0.142 e. The van der Waals surface area contributed by atoms with Crippen molar-refractivity contribution in [2.24, 2.45) is 0 Å². The van der Waals surface area contributed by atoms with E-state index in [1.807, 2.05) is 18.2 Å². The van der Waals surface area contributed by atoms with Crippen molar-refractivity contribution >= 4 is 5.69 Å². The largest absolute Gasteiger partial charge is 0.494 e. The van der Waals surface area contributed by atoms with Crippen LogP contribution in [0.3, 0.4) is 0 Å². The Bertz CT molecular complexity index is 1240. The fraction of sp³-hybridized carbons (Fsp3) is 0.471. The summed E-state index contributed by atoms with van der Waals surface area (Å²) in [6.45, 7) is 7.00. The Kier molecular flexibility index (Phi) is 11.5. The first-order valence-electron chi connectivity index (χ1n) is 15.1. The quantitative estimate of drug-likeness (QED) is 0.232. The molecular weight excluding hydrogens is 535 g/mol. The number of piperidine rings is 1. The van der Waals surface area contributed by atoms with Gasteiger partial charge in [0, 0.05) is 44.7 Å². The summed E-state index contributed by atoms with van der Waals surface area (Å²) in [4.78, 5) is 2.38. The minimum Gasteiger partial charge on any atom is -0.494 e. The lowest BCUT2D eigenvalue weighted by molar-refractivity contribution is 0.0106. The second kappa shape index (κ2) is 15.9. The zero-order valence-corrected chi connectivity index (χ0v) is 24.6. The van der Waals surface area contributed by atoms with E-state index in [-0.39, 0.29) is 18.5 Å². The SMILES string of the molecule is COCCCN1CCOc2ccc(CO[C@H]3CNCC[C@@H]3c3ccc(OCCCOCc4ccccc4F)cc3)cc21. The van der Waals surface area contributed by atoms with Crippen molar-refractivity contribution in [3.8, 4) is 11.5 Å². The first-order valence-corrected chi connectivity index (χ1v) is 15.1. The maximum absolute atomic E-state index is 13.7. The van der Waals surface area contributed by atoms with Crippen molar-refractivity contribution in [3.63, 3.8) is 0 Å². The fourth-order valence-electron chi connectivity index (χ4n) is 5.59. The molecule has 3 aromatic rings. The van der Waals surface area contributed by atoms with Gasteiger partial charge in [0.1, 0.15) is 23.9 Å². The third-order valence-electron chi connectivity index (χ3n) is 7.88. The number of hydrogen-bond acceptors (Lipinski definition) is 7. The lowest BCUT2D eigenvalue weighted by Gasteiger charge is -2.33. The van der Waals surface area contributed by atoms with E-state index in [2.05, 4.69) is 40.5 Å². The molecule has 2 atom stereocenters. The molecule has 0 amide bonds. The molecule has 0 bridgehead atoms. The van der Waals surface area contributed by atoms with Gasteiger partial charge in [-0.2, -0.15) is 0 Å². The Labute approximate surface area is 248 Å². The number of halogens is 1. The number of anilines is 1. The standard InChI is InChI=1S/C34H43FN2O5/c1-38-18-4-16-37-17-21-41-33-13-8-26(22-32(33)37)24-42-34-23-36-15-14-30(34)27-9-11-29(12-10-27)40-20-5-19-39-25-28-6-2-3-7-31(28)35/h2-3,6-13,22,30,34,36H,4-5,14-21,23-25H2,1H3/t30-,34+/m1/s1. The maximum atomic E-state index is 13.7. The highest BCUT2D eigenvalue weighted by Gasteiger charge is 2.27. The molecule has 0 saturated carbocycles. The lowest BCUT2D eigenvalue weighted by atomic mass is 9.87. The Morgan fingerprint density at radius 2 is 1.86 bits per heavy atom. The molecule has 2 heterocycles. The topological polar surface area (TPSA) is 61.4 Å². The average Bonchev–Trinajstić information content (AvgIpc) is 3.03. The van der Waals surface area contributed by atoms with Crippen LogP contribution in [-0.4, -0.2) is 65.8 Å². The zero-order chi connectivity index (χ0) is 29.0. The molecule has 0 aromatic heterocycles. The van der Waals surface area contributed by atoms with Crippen LogP contribution in [0.4, 0.5) is 10.1 Å². The molecule has 226 valence electrons. The molecule has 2 aliphatic rings. The van der Waals surface area contributed by atoms with Crippen LogP contribution in [0, 0.1) is 5.82 Å². The third-order valence-corrected chi connectivity index (χ3v) is 7.88. The first kappa shape index (κ1) is 30.3. The van der Waals surface area contributed by atoms with E-state index in [1.165, 1.54) is 11.6 Å². The highest BCUT2D eigenvalue weighted by atomic mass is 19.1. The van der Waals surface area contributed by atoms with Gasteiger partial charge in [-0.05, 0) is 60.8 Å². The summed E-state index contributed by atoms with van der Waals surface area (Å²) in [6, 6.07) is 21.5. The molecule has 3 aromatic carbocycles. The Morgan fingerprint density at radius 3 is 2.71 bits per heavy atom. The van der Waals surface area contributed by atoms with Gasteiger partial charge >= 0.3 is 0 Å². The molecule has 2 aliphatic heterocycles. The van der Waals surface area contributed by atoms with E-state index in [1.54, 1.807) is 19.2 Å². The second-order valence-electron chi connectivity index (χ2n) is 10.8. The van der Waals surface area contributed by atoms with Gasteiger partial charge in [-0.25, -0.2) is 4.39 Å². The van der Waals surface area contributed by atoms with Crippen LogP contribution < -0.4 is 19.7 Å². The summed E-state index contributed by atoms with van der Waals surface area (Å²) in [7, 11) is 1.75. The van der Waals surface area contributed by atoms with Crippen molar-refractivity contribution in [1.29, 1.82) is 0 Å². The molecule has 1 saturated heterocycles. The molecule has 5 rings (SSSR count). The van der Waals surface area contributed by atoms with Gasteiger partial charge in [0.05, 0.1) is 44.8 Å². The highest BCUT2D eigenvalue weighted by Crippen LogP contribution is 2.34. The molecule has 42 heavy (non-hydrogen) atoms. The molecule has 1 N–H and O–H groups in total. The van der Waals surface area contributed by atoms with E-state index in [0.717, 1.165) is 74.8 Å². The summed E-state index contributed by atoms with van der Waals surface area (Å²) in [5.41, 5.74) is 4.14. The Morgan fingerprint density at radius 1 is 0.976 bits per heavy atom. The van der Waals surface area contributed by atoms with Gasteiger partial charge in [-0.1, -0.05) is 36.4 Å². The van der Waals surface area contributed by atoms with Crippen LogP contribution in [0.1, 0.15) is 41.9 Å². The number of methoxy groups -OCH3 is 1. The van der Waals surface area contributed by atoms with Gasteiger partial charge in [-0.3, -0.25) is 0 Å². The van der Waals surface area contributed by atoms with Gasteiger partial charge in [0.15, 0.2) is 0 Å². The number of fused-ring (bicyclic) bond motifs is 1. The van der Waals surface area contributed by atoms with Gasteiger partial charge in [0.25, 0.3) is 0 Å². The van der Waals surface area contributed by atoms with Crippen LogP contribution in [0.25, 0.3) is 0 Å². The molecule has 8 heteroatoms. The van der Waals surface area contributed by atoms with E-state index in [9.17, 15) is 4.39 Å². The predicted molar refractivity (Wildman–Crippen MR) is 162 cm³/mol. The number of hydrogen-bond donors (Lipinski definition) is 1. The van der Waals surface area contributed by atoms with Crippen molar-refractivity contribution in [2.45, 2.75) is 44.5 Å². The Hall–Kier alpha value is -3.17. The molecule has 7 nitrogen and oxygen atoms in total. The van der Waals surface area contributed by atoms with Crippen LogP contribution in [0.15, 0.2) is 66.7 Å². The van der Waals surface area contributed by atoms with E-state index in [0.29, 0.717) is 37.9 Å². The summed E-state index contributed by atoms with van der Waals surface area (Å²) >= 11 is 0. The Balaban J connectivity index is 1.09. The summed E-state index contributed by atoms with van der Waals surface area (Å²) in [6.07, 6.45) is 2.83. The molecule has 0 radical (unpaired) electrons. The number of ether oxygens (including phenoxy) is 5. The van der Waals surface area contributed by atoms with Gasteiger partial charge < -0.3 is 33.9 Å². The van der Waals surface area contributed by atoms with E-state index in [4.69, 9.17) is 23.7 Å². The van der Waals surface area contributed by atoms with Gasteiger partial charge in [0.2, 0.25) is 0 Å². The highest BCUT2D eigenvalue weighted by molar-refractivity contribution is 5.61. The van der Waals surface area contributed by atoms with Crippen molar-refractivity contribution < 1.29 is 28.1 Å². The van der Waals surface area contributed by atoms with Crippen LogP contribution in [-0.2, 0) is 27.4 Å². The van der Waals surface area contributed by atoms with Crippen molar-refractivity contribution in [3.05, 3.63) is 89.2 Å². The van der Waals surface area contributed by atoms with Gasteiger partial charge in [-0.15, -0.1) is 0 Å². The number of rotatable bonds is 15. The van der Waals surface area contributed by atoms with Crippen molar-refractivity contribution in [2.75, 3.05) is 64.6 Å². The minimum absolute atomic E-state index is 0.0854. The zero-order valence-electron chi connectivity index (χ0n) is 24.6. The number of nitrogens with one attached hydrogen (secondary N) is 1. The summed E-state index contributed by atoms with van der Waals surface area (Å²) in [5, 5.41) is 3.50. The van der Waals surface area contributed by atoms with Crippen LogP contribution >= 0.6 is 0 Å². The average molecular weight is 579 g/mol. The normalized spacial score (nSPS) is 18.4. The van der Waals surface area contributed by atoms with E-state index >= 15 is 0 Å². The monoisotopic (exact) mass is 578 g/mol. The van der Waals surface area contributed by atoms with Crippen LogP contribution in [0.5, 0.6) is 11.5 Å². The van der Waals surface area contributed by atoms with Crippen molar-refractivity contribution in [1.82, 2.24) is 5.32 Å². The minimum atomic E-state index is -0.232. The predicted octanol–water partition coefficient (Wildman–Crippen LogP) is 5.71. The lowest BCUT2D eigenvalue weighted by Crippen LogP contribution is -2.41. The smallest absolute Gasteiger partial charge is 0.142 e. The summed E-state index contributed by atoms with van der Waals surface area (Å²) in [5.74, 6) is 1.87. The van der Waals surface area contributed by atoms with E-state index < -0.39 is 0 Å². The summed E-state index contributed by atoms with van der Waals surface area (Å²) < 4.78 is 42.9. The molecule has 0 unspecified atom stereocenters. The molecular formula is C34H43FN2O5. The molecule has 0 spiro atoms. The second-order valence-corrected chi connectivity index (χ2v) is 10.8. The first-order chi connectivity index (χ1) is 20.7. The van der Waals surface area contributed by atoms with Crippen LogP contribution in [0.2, 0.25) is 0 Å². The number of nitrogens with zero attached hydrogens (tertiary/aromatic N) is 1.